The number of esters is 1. The SMILES string of the molecule is COC(=O)c1c(C)[nH]c(N=C=S)c1N(C)C. The van der Waals surface area contributed by atoms with E-state index in [0.717, 1.165) is 0 Å². The Morgan fingerprint density at radius 3 is 2.62 bits per heavy atom. The third-order valence-corrected chi connectivity index (χ3v) is 2.23. The number of hydrogen-bond donors (Lipinski definition) is 1. The Balaban J connectivity index is 3.47. The zero-order valence-electron chi connectivity index (χ0n) is 9.62. The lowest BCUT2D eigenvalue weighted by molar-refractivity contribution is 0.0601. The summed E-state index contributed by atoms with van der Waals surface area (Å²) in [7, 11) is 4.98. The van der Waals surface area contributed by atoms with Crippen molar-refractivity contribution in [2.75, 3.05) is 26.1 Å². The molecule has 1 rings (SSSR count). The average Bonchev–Trinajstić information content (AvgIpc) is 2.54. The molecule has 86 valence electrons. The number of carbonyl (C=O) groups excluding carboxylic acids is 1. The number of aliphatic imine (C=N–C) groups is 1. The molecule has 5 nitrogen and oxygen atoms in total. The third-order valence-electron chi connectivity index (χ3n) is 2.14. The molecule has 0 spiro atoms. The Morgan fingerprint density at radius 1 is 1.56 bits per heavy atom. The molecule has 0 aliphatic carbocycles. The van der Waals surface area contributed by atoms with Gasteiger partial charge < -0.3 is 14.6 Å². The lowest BCUT2D eigenvalue weighted by Gasteiger charge is -2.13. The Kier molecular flexibility index (Phi) is 3.82. The Hall–Kier alpha value is -1.65. The number of thiocarbonyl (C=S) groups is 1. The summed E-state index contributed by atoms with van der Waals surface area (Å²) in [4.78, 5) is 20.3. The number of nitrogens with zero attached hydrogens (tertiary/aromatic N) is 2. The van der Waals surface area contributed by atoms with Gasteiger partial charge in [-0.2, -0.15) is 4.99 Å². The maximum absolute atomic E-state index is 11.6. The molecule has 0 saturated heterocycles. The zero-order valence-corrected chi connectivity index (χ0v) is 10.4. The lowest BCUT2D eigenvalue weighted by atomic mass is 10.2. The maximum Gasteiger partial charge on any atom is 0.341 e. The highest BCUT2D eigenvalue weighted by Crippen LogP contribution is 2.33. The number of H-pyrrole nitrogens is 1. The van der Waals surface area contributed by atoms with Crippen molar-refractivity contribution in [1.29, 1.82) is 0 Å². The Labute approximate surface area is 99.1 Å². The molecule has 1 N–H and O–H groups in total. The van der Waals surface area contributed by atoms with Crippen molar-refractivity contribution in [1.82, 2.24) is 4.98 Å². The first-order valence-corrected chi connectivity index (χ1v) is 4.99. The minimum absolute atomic E-state index is 0.400. The van der Waals surface area contributed by atoms with E-state index in [1.54, 1.807) is 11.8 Å². The van der Waals surface area contributed by atoms with Crippen LogP contribution >= 0.6 is 12.2 Å². The normalized spacial score (nSPS) is 9.50. The standard InChI is InChI=1S/C10H13N3O2S/c1-6-7(10(14)15-4)8(13(2)3)9(12-6)11-5-16/h12H,1-4H3. The highest BCUT2D eigenvalue weighted by atomic mass is 32.1. The largest absolute Gasteiger partial charge is 0.465 e. The van der Waals surface area contributed by atoms with Gasteiger partial charge in [0.15, 0.2) is 5.82 Å². The number of isothiocyanates is 1. The van der Waals surface area contributed by atoms with Gasteiger partial charge in [0.25, 0.3) is 0 Å². The maximum atomic E-state index is 11.6. The number of aromatic amines is 1. The van der Waals surface area contributed by atoms with Gasteiger partial charge in [0.05, 0.1) is 18.0 Å². The highest BCUT2D eigenvalue weighted by molar-refractivity contribution is 7.78. The molecule has 0 amide bonds. The minimum Gasteiger partial charge on any atom is -0.465 e. The van der Waals surface area contributed by atoms with E-state index in [2.05, 4.69) is 27.4 Å². The van der Waals surface area contributed by atoms with Crippen molar-refractivity contribution in [2.24, 2.45) is 4.99 Å². The van der Waals surface area contributed by atoms with Gasteiger partial charge in [-0.25, -0.2) is 4.79 Å². The van der Waals surface area contributed by atoms with Crippen molar-refractivity contribution in [3.05, 3.63) is 11.3 Å². The van der Waals surface area contributed by atoms with Crippen LogP contribution in [0, 0.1) is 6.92 Å². The Morgan fingerprint density at radius 2 is 2.19 bits per heavy atom. The first kappa shape index (κ1) is 12.4. The van der Waals surface area contributed by atoms with Crippen LogP contribution in [0.15, 0.2) is 4.99 Å². The summed E-state index contributed by atoms with van der Waals surface area (Å²) < 4.78 is 4.73. The molecule has 6 heteroatoms. The predicted molar refractivity (Wildman–Crippen MR) is 65.9 cm³/mol. The highest BCUT2D eigenvalue weighted by Gasteiger charge is 2.22. The van der Waals surface area contributed by atoms with Crippen LogP contribution in [-0.2, 0) is 4.74 Å². The van der Waals surface area contributed by atoms with Crippen LogP contribution in [0.5, 0.6) is 0 Å². The van der Waals surface area contributed by atoms with Crippen molar-refractivity contribution in [3.8, 4) is 0 Å². The summed E-state index contributed by atoms with van der Waals surface area (Å²) in [5.74, 6) is 0.112. The van der Waals surface area contributed by atoms with Gasteiger partial charge >= 0.3 is 5.97 Å². The third kappa shape index (κ3) is 2.13. The van der Waals surface area contributed by atoms with Crippen LogP contribution in [0.25, 0.3) is 0 Å². The van der Waals surface area contributed by atoms with Gasteiger partial charge in [0.2, 0.25) is 0 Å². The minimum atomic E-state index is -0.400. The van der Waals surface area contributed by atoms with Crippen molar-refractivity contribution >= 4 is 34.9 Å². The second-order valence-electron chi connectivity index (χ2n) is 3.41. The second kappa shape index (κ2) is 4.92. The molecule has 16 heavy (non-hydrogen) atoms. The molecule has 0 unspecified atom stereocenters. The van der Waals surface area contributed by atoms with Gasteiger partial charge in [0.1, 0.15) is 5.56 Å². The van der Waals surface area contributed by atoms with E-state index < -0.39 is 5.97 Å². The van der Waals surface area contributed by atoms with Crippen molar-refractivity contribution in [2.45, 2.75) is 6.92 Å². The molecule has 0 radical (unpaired) electrons. The lowest BCUT2D eigenvalue weighted by Crippen LogP contribution is -2.13. The van der Waals surface area contributed by atoms with Crippen molar-refractivity contribution < 1.29 is 9.53 Å². The molecular weight excluding hydrogens is 226 g/mol. The number of nitrogens with one attached hydrogen (secondary N) is 1. The monoisotopic (exact) mass is 239 g/mol. The topological polar surface area (TPSA) is 57.7 Å². The molecule has 0 atom stereocenters. The predicted octanol–water partition coefficient (Wildman–Crippen LogP) is 1.91. The molecule has 1 aromatic rings. The first-order chi connectivity index (χ1) is 7.52. The first-order valence-electron chi connectivity index (χ1n) is 4.59. The zero-order chi connectivity index (χ0) is 12.3. The van der Waals surface area contributed by atoms with E-state index in [9.17, 15) is 4.79 Å². The number of ether oxygens (including phenoxy) is 1. The van der Waals surface area contributed by atoms with Gasteiger partial charge in [-0.1, -0.05) is 0 Å². The number of aromatic nitrogens is 1. The van der Waals surface area contributed by atoms with Gasteiger partial charge in [-0.05, 0) is 19.1 Å². The fourth-order valence-electron chi connectivity index (χ4n) is 1.51. The van der Waals surface area contributed by atoms with Crippen LogP contribution < -0.4 is 4.90 Å². The van der Waals surface area contributed by atoms with E-state index in [4.69, 9.17) is 4.74 Å². The van der Waals surface area contributed by atoms with Gasteiger partial charge in [-0.3, -0.25) is 0 Å². The van der Waals surface area contributed by atoms with Crippen molar-refractivity contribution in [3.63, 3.8) is 0 Å². The van der Waals surface area contributed by atoms with E-state index in [1.807, 2.05) is 14.1 Å². The van der Waals surface area contributed by atoms with Crippen LogP contribution in [0.4, 0.5) is 11.5 Å². The molecule has 0 bridgehead atoms. The molecule has 0 saturated carbocycles. The van der Waals surface area contributed by atoms with Crippen LogP contribution in [-0.4, -0.2) is 37.3 Å². The smallest absolute Gasteiger partial charge is 0.341 e. The fourth-order valence-corrected chi connectivity index (χ4v) is 1.60. The van der Waals surface area contributed by atoms with E-state index >= 15 is 0 Å². The summed E-state index contributed by atoms with van der Waals surface area (Å²) in [5.41, 5.74) is 1.82. The fraction of sp³-hybridized carbons (Fsp3) is 0.400. The summed E-state index contributed by atoms with van der Waals surface area (Å²) in [5, 5.41) is 2.28. The van der Waals surface area contributed by atoms with E-state index in [1.165, 1.54) is 7.11 Å². The summed E-state index contributed by atoms with van der Waals surface area (Å²) >= 11 is 4.56. The second-order valence-corrected chi connectivity index (χ2v) is 3.59. The Bertz CT molecular complexity index is 459. The molecule has 0 fully saturated rings. The molecule has 1 heterocycles. The number of methoxy groups -OCH3 is 1. The number of rotatable bonds is 3. The van der Waals surface area contributed by atoms with E-state index in [-0.39, 0.29) is 0 Å². The molecular formula is C10H13N3O2S. The quantitative estimate of drug-likeness (QED) is 0.497. The number of hydrogen-bond acceptors (Lipinski definition) is 5. The summed E-state index contributed by atoms with van der Waals surface area (Å²) in [6, 6.07) is 0. The van der Waals surface area contributed by atoms with E-state index in [0.29, 0.717) is 22.8 Å². The average molecular weight is 239 g/mol. The number of anilines is 1. The molecule has 0 aromatic carbocycles. The molecule has 0 aliphatic rings. The molecule has 0 aliphatic heterocycles. The van der Waals surface area contributed by atoms with Gasteiger partial charge in [0, 0.05) is 19.8 Å². The summed E-state index contributed by atoms with van der Waals surface area (Å²) in [6.45, 7) is 1.78. The van der Waals surface area contributed by atoms with Crippen LogP contribution in [0.1, 0.15) is 16.1 Å². The summed E-state index contributed by atoms with van der Waals surface area (Å²) in [6.07, 6.45) is 0. The van der Waals surface area contributed by atoms with Gasteiger partial charge in [-0.15, -0.1) is 0 Å². The van der Waals surface area contributed by atoms with Crippen LogP contribution in [0.2, 0.25) is 0 Å². The molecule has 1 aromatic heterocycles. The number of carbonyl (C=O) groups is 1. The number of aryl methyl sites for hydroxylation is 1. The van der Waals surface area contributed by atoms with Crippen LogP contribution in [0.3, 0.4) is 0 Å².